The van der Waals surface area contributed by atoms with Crippen LogP contribution in [0.1, 0.15) is 32.8 Å². The zero-order valence-electron chi connectivity index (χ0n) is 10.6. The smallest absolute Gasteiger partial charge is 0.124 e. The summed E-state index contributed by atoms with van der Waals surface area (Å²) in [5.41, 5.74) is 7.31. The molecular weight excluding hydrogens is 234 g/mol. The first kappa shape index (κ1) is 13.8. The van der Waals surface area contributed by atoms with E-state index in [4.69, 9.17) is 22.7 Å². The molecule has 17 heavy (non-hydrogen) atoms. The Balaban J connectivity index is 3.22. The second-order valence-corrected chi connectivity index (χ2v) is 4.80. The fourth-order valence-corrected chi connectivity index (χ4v) is 2.04. The van der Waals surface area contributed by atoms with E-state index in [1.807, 2.05) is 12.1 Å². The lowest BCUT2D eigenvalue weighted by atomic mass is 10.1. The molecule has 0 spiro atoms. The molecule has 0 aromatic heterocycles. The molecule has 4 heteroatoms. The third-order valence-electron chi connectivity index (χ3n) is 2.65. The van der Waals surface area contributed by atoms with Crippen LogP contribution >= 0.6 is 11.6 Å². The number of nitrogen functional groups attached to an aromatic ring is 1. The topological polar surface area (TPSA) is 53.1 Å². The van der Waals surface area contributed by atoms with Crippen LogP contribution in [0.5, 0.6) is 0 Å². The molecule has 1 rings (SSSR count). The molecule has 3 N–H and O–H groups in total. The van der Waals surface area contributed by atoms with Gasteiger partial charge in [0.15, 0.2) is 0 Å². The van der Waals surface area contributed by atoms with Crippen LogP contribution in [-0.4, -0.2) is 18.4 Å². The van der Waals surface area contributed by atoms with Crippen molar-refractivity contribution < 1.29 is 0 Å². The van der Waals surface area contributed by atoms with Crippen molar-refractivity contribution in [3.05, 3.63) is 28.8 Å². The highest BCUT2D eigenvalue weighted by molar-refractivity contribution is 6.31. The van der Waals surface area contributed by atoms with Crippen LogP contribution < -0.4 is 10.6 Å². The highest BCUT2D eigenvalue weighted by Crippen LogP contribution is 2.25. The SMILES string of the molecule is CCCN(c1ccc(Cl)cc1C(=N)N)C(C)C. The summed E-state index contributed by atoms with van der Waals surface area (Å²) in [7, 11) is 0. The average molecular weight is 254 g/mol. The predicted octanol–water partition coefficient (Wildman–Crippen LogP) is 3.25. The van der Waals surface area contributed by atoms with Gasteiger partial charge in [0.25, 0.3) is 0 Å². The number of halogens is 1. The summed E-state index contributed by atoms with van der Waals surface area (Å²) < 4.78 is 0. The largest absolute Gasteiger partial charge is 0.384 e. The van der Waals surface area contributed by atoms with E-state index in [2.05, 4.69) is 25.7 Å². The van der Waals surface area contributed by atoms with Crippen molar-refractivity contribution in [2.75, 3.05) is 11.4 Å². The van der Waals surface area contributed by atoms with E-state index in [9.17, 15) is 0 Å². The highest BCUT2D eigenvalue weighted by Gasteiger charge is 2.15. The molecule has 0 saturated carbocycles. The van der Waals surface area contributed by atoms with Gasteiger partial charge in [-0.25, -0.2) is 0 Å². The first-order valence-corrected chi connectivity index (χ1v) is 6.25. The van der Waals surface area contributed by atoms with Gasteiger partial charge in [-0.2, -0.15) is 0 Å². The molecule has 0 saturated heterocycles. The van der Waals surface area contributed by atoms with Gasteiger partial charge in [-0.3, -0.25) is 5.41 Å². The number of nitrogens with one attached hydrogen (secondary N) is 1. The van der Waals surface area contributed by atoms with Gasteiger partial charge >= 0.3 is 0 Å². The Kier molecular flexibility index (Phi) is 4.82. The molecule has 1 aromatic rings. The lowest BCUT2D eigenvalue weighted by Gasteiger charge is -2.30. The van der Waals surface area contributed by atoms with Gasteiger partial charge in [0.05, 0.1) is 0 Å². The van der Waals surface area contributed by atoms with Crippen molar-refractivity contribution >= 4 is 23.1 Å². The van der Waals surface area contributed by atoms with Crippen LogP contribution in [-0.2, 0) is 0 Å². The van der Waals surface area contributed by atoms with Crippen molar-refractivity contribution in [3.8, 4) is 0 Å². The normalized spacial score (nSPS) is 10.6. The van der Waals surface area contributed by atoms with Crippen LogP contribution in [0, 0.1) is 5.41 Å². The van der Waals surface area contributed by atoms with Gasteiger partial charge in [-0.15, -0.1) is 0 Å². The highest BCUT2D eigenvalue weighted by atomic mass is 35.5. The average Bonchev–Trinajstić information content (AvgIpc) is 2.26. The van der Waals surface area contributed by atoms with Crippen LogP contribution in [0.15, 0.2) is 18.2 Å². The molecular formula is C13H20ClN3. The summed E-state index contributed by atoms with van der Waals surface area (Å²) in [6.07, 6.45) is 1.05. The Labute approximate surface area is 108 Å². The molecule has 1 aromatic carbocycles. The first-order chi connectivity index (χ1) is 7.97. The Hall–Kier alpha value is -1.22. The van der Waals surface area contributed by atoms with Crippen LogP contribution in [0.2, 0.25) is 5.02 Å². The number of hydrogen-bond donors (Lipinski definition) is 2. The van der Waals surface area contributed by atoms with Crippen LogP contribution in [0.25, 0.3) is 0 Å². The molecule has 0 atom stereocenters. The summed E-state index contributed by atoms with van der Waals surface area (Å²) in [5, 5.41) is 8.24. The maximum absolute atomic E-state index is 7.63. The third kappa shape index (κ3) is 3.37. The zero-order valence-corrected chi connectivity index (χ0v) is 11.4. The minimum atomic E-state index is 0.0595. The van der Waals surface area contributed by atoms with E-state index in [1.54, 1.807) is 6.07 Å². The van der Waals surface area contributed by atoms with E-state index >= 15 is 0 Å². The summed E-state index contributed by atoms with van der Waals surface area (Å²) in [4.78, 5) is 2.24. The fourth-order valence-electron chi connectivity index (χ4n) is 1.87. The molecule has 0 bridgehead atoms. The molecule has 0 aliphatic heterocycles. The van der Waals surface area contributed by atoms with Crippen LogP contribution in [0.4, 0.5) is 5.69 Å². The van der Waals surface area contributed by atoms with Crippen molar-refractivity contribution in [1.82, 2.24) is 0 Å². The third-order valence-corrected chi connectivity index (χ3v) is 2.88. The van der Waals surface area contributed by atoms with Gasteiger partial charge in [0, 0.05) is 28.9 Å². The minimum absolute atomic E-state index is 0.0595. The summed E-state index contributed by atoms with van der Waals surface area (Å²) in [6, 6.07) is 5.90. The van der Waals surface area contributed by atoms with Crippen molar-refractivity contribution in [1.29, 1.82) is 5.41 Å². The maximum atomic E-state index is 7.63. The van der Waals surface area contributed by atoms with Crippen LogP contribution in [0.3, 0.4) is 0 Å². The zero-order chi connectivity index (χ0) is 13.0. The quantitative estimate of drug-likeness (QED) is 0.625. The standard InChI is InChI=1S/C13H20ClN3/c1-4-7-17(9(2)3)12-6-5-10(14)8-11(12)13(15)16/h5-6,8-9H,4,7H2,1-3H3,(H3,15,16). The van der Waals surface area contributed by atoms with Gasteiger partial charge in [-0.1, -0.05) is 18.5 Å². The number of amidine groups is 1. The molecule has 94 valence electrons. The second-order valence-electron chi connectivity index (χ2n) is 4.36. The Morgan fingerprint density at radius 3 is 2.59 bits per heavy atom. The molecule has 0 radical (unpaired) electrons. The monoisotopic (exact) mass is 253 g/mol. The van der Waals surface area contributed by atoms with E-state index in [1.165, 1.54) is 0 Å². The number of hydrogen-bond acceptors (Lipinski definition) is 2. The number of anilines is 1. The number of nitrogens with two attached hydrogens (primary N) is 1. The number of rotatable bonds is 5. The van der Waals surface area contributed by atoms with E-state index in [-0.39, 0.29) is 5.84 Å². The summed E-state index contributed by atoms with van der Waals surface area (Å²) >= 11 is 5.95. The molecule has 0 aliphatic rings. The van der Waals surface area contributed by atoms with Gasteiger partial charge in [0.1, 0.15) is 5.84 Å². The van der Waals surface area contributed by atoms with E-state index < -0.39 is 0 Å². The van der Waals surface area contributed by atoms with Gasteiger partial charge in [0.2, 0.25) is 0 Å². The maximum Gasteiger partial charge on any atom is 0.124 e. The van der Waals surface area contributed by atoms with Crippen molar-refractivity contribution in [2.45, 2.75) is 33.2 Å². The Morgan fingerprint density at radius 1 is 1.47 bits per heavy atom. The summed E-state index contributed by atoms with van der Waals surface area (Å²) in [5.74, 6) is 0.0595. The molecule has 0 aliphatic carbocycles. The lowest BCUT2D eigenvalue weighted by molar-refractivity contribution is 0.670. The second kappa shape index (κ2) is 5.92. The molecule has 0 amide bonds. The van der Waals surface area contributed by atoms with E-state index in [0.717, 1.165) is 18.7 Å². The fraction of sp³-hybridized carbons (Fsp3) is 0.462. The number of benzene rings is 1. The predicted molar refractivity (Wildman–Crippen MR) is 75.2 cm³/mol. The van der Waals surface area contributed by atoms with Crippen molar-refractivity contribution in [2.24, 2.45) is 5.73 Å². The van der Waals surface area contributed by atoms with E-state index in [0.29, 0.717) is 16.6 Å². The summed E-state index contributed by atoms with van der Waals surface area (Å²) in [6.45, 7) is 7.35. The molecule has 0 fully saturated rings. The molecule has 0 heterocycles. The number of nitrogens with zero attached hydrogens (tertiary/aromatic N) is 1. The Bertz CT molecular complexity index is 402. The first-order valence-electron chi connectivity index (χ1n) is 5.88. The van der Waals surface area contributed by atoms with Gasteiger partial charge in [-0.05, 0) is 38.5 Å². The van der Waals surface area contributed by atoms with Gasteiger partial charge < -0.3 is 10.6 Å². The minimum Gasteiger partial charge on any atom is -0.384 e. The lowest BCUT2D eigenvalue weighted by Crippen LogP contribution is -2.33. The molecule has 3 nitrogen and oxygen atoms in total. The molecule has 0 unspecified atom stereocenters. The van der Waals surface area contributed by atoms with Crippen molar-refractivity contribution in [3.63, 3.8) is 0 Å². The Morgan fingerprint density at radius 2 is 2.12 bits per heavy atom.